The number of hydrogen-bond donors (Lipinski definition) is 1. The van der Waals surface area contributed by atoms with Gasteiger partial charge in [-0.05, 0) is 26.0 Å². The molecular formula is C16H15ClN4O3S. The number of carboxylic acid groups (broad SMARTS) is 1. The molecule has 25 heavy (non-hydrogen) atoms. The van der Waals surface area contributed by atoms with Gasteiger partial charge in [-0.25, -0.2) is 0 Å². The first-order valence-corrected chi connectivity index (χ1v) is 8.79. The lowest BCUT2D eigenvalue weighted by molar-refractivity contribution is -0.133. The SMILES string of the molecule is Cc1noc(C)c1Cc1nnc(SCC(=O)O)n1-c1ccccc1Cl. The Hall–Kier alpha value is -2.32. The van der Waals surface area contributed by atoms with E-state index in [1.807, 2.05) is 32.0 Å². The molecule has 0 spiro atoms. The van der Waals surface area contributed by atoms with E-state index in [4.69, 9.17) is 21.2 Å². The highest BCUT2D eigenvalue weighted by molar-refractivity contribution is 7.99. The number of nitrogens with zero attached hydrogens (tertiary/aromatic N) is 4. The van der Waals surface area contributed by atoms with Crippen molar-refractivity contribution in [2.45, 2.75) is 25.4 Å². The van der Waals surface area contributed by atoms with E-state index < -0.39 is 5.97 Å². The Labute approximate surface area is 153 Å². The van der Waals surface area contributed by atoms with Gasteiger partial charge in [0.15, 0.2) is 5.16 Å². The molecule has 2 heterocycles. The molecule has 1 N–H and O–H groups in total. The second-order valence-electron chi connectivity index (χ2n) is 5.35. The summed E-state index contributed by atoms with van der Waals surface area (Å²) >= 11 is 7.43. The van der Waals surface area contributed by atoms with Crippen LogP contribution in [0.2, 0.25) is 5.02 Å². The number of aryl methyl sites for hydroxylation is 2. The van der Waals surface area contributed by atoms with E-state index in [-0.39, 0.29) is 5.75 Å². The Bertz CT molecular complexity index is 902. The number of aromatic nitrogens is 4. The molecule has 0 radical (unpaired) electrons. The van der Waals surface area contributed by atoms with E-state index in [0.29, 0.717) is 33.9 Å². The molecule has 0 saturated heterocycles. The smallest absolute Gasteiger partial charge is 0.313 e. The van der Waals surface area contributed by atoms with Crippen LogP contribution < -0.4 is 0 Å². The fourth-order valence-corrected chi connectivity index (χ4v) is 3.33. The maximum absolute atomic E-state index is 10.9. The van der Waals surface area contributed by atoms with Crippen LogP contribution in [0.3, 0.4) is 0 Å². The molecular weight excluding hydrogens is 364 g/mol. The van der Waals surface area contributed by atoms with E-state index in [1.165, 1.54) is 0 Å². The summed E-state index contributed by atoms with van der Waals surface area (Å²) in [5.41, 5.74) is 2.41. The number of carboxylic acids is 1. The zero-order valence-electron chi connectivity index (χ0n) is 13.6. The van der Waals surface area contributed by atoms with Crippen molar-refractivity contribution in [3.63, 3.8) is 0 Å². The quantitative estimate of drug-likeness (QED) is 0.657. The summed E-state index contributed by atoms with van der Waals surface area (Å²) in [6, 6.07) is 7.29. The number of halogens is 1. The molecule has 1 aromatic carbocycles. The van der Waals surface area contributed by atoms with Gasteiger partial charge in [0.1, 0.15) is 11.6 Å². The fourth-order valence-electron chi connectivity index (χ4n) is 2.42. The molecule has 0 unspecified atom stereocenters. The normalized spacial score (nSPS) is 11.0. The molecule has 0 amide bonds. The average Bonchev–Trinajstić information content (AvgIpc) is 3.12. The van der Waals surface area contributed by atoms with Gasteiger partial charge in [0.25, 0.3) is 0 Å². The highest BCUT2D eigenvalue weighted by Crippen LogP contribution is 2.28. The molecule has 0 saturated carbocycles. The van der Waals surface area contributed by atoms with Crippen LogP contribution in [0.4, 0.5) is 0 Å². The van der Waals surface area contributed by atoms with Crippen molar-refractivity contribution in [2.75, 3.05) is 5.75 Å². The molecule has 0 fully saturated rings. The van der Waals surface area contributed by atoms with E-state index >= 15 is 0 Å². The summed E-state index contributed by atoms with van der Waals surface area (Å²) in [6.45, 7) is 3.70. The van der Waals surface area contributed by atoms with Crippen LogP contribution in [0, 0.1) is 13.8 Å². The Morgan fingerprint density at radius 2 is 2.08 bits per heavy atom. The van der Waals surface area contributed by atoms with Crippen molar-refractivity contribution in [1.82, 2.24) is 19.9 Å². The highest BCUT2D eigenvalue weighted by atomic mass is 35.5. The third-order valence-electron chi connectivity index (χ3n) is 3.63. The molecule has 0 aliphatic carbocycles. The number of rotatable bonds is 6. The predicted octanol–water partition coefficient (Wildman–Crippen LogP) is 3.29. The van der Waals surface area contributed by atoms with Gasteiger partial charge in [-0.1, -0.05) is 40.7 Å². The lowest BCUT2D eigenvalue weighted by Crippen LogP contribution is -2.06. The standard InChI is InChI=1S/C16H15ClN4O3S/c1-9-11(10(2)24-20-9)7-14-18-19-16(25-8-15(22)23)21(14)13-6-4-3-5-12(13)17/h3-6H,7-8H2,1-2H3,(H,22,23). The topological polar surface area (TPSA) is 94.0 Å². The molecule has 3 rings (SSSR count). The van der Waals surface area contributed by atoms with Crippen molar-refractivity contribution < 1.29 is 14.4 Å². The van der Waals surface area contributed by atoms with E-state index in [1.54, 1.807) is 10.6 Å². The predicted molar refractivity (Wildman–Crippen MR) is 93.5 cm³/mol. The van der Waals surface area contributed by atoms with Crippen molar-refractivity contribution in [3.05, 3.63) is 52.1 Å². The van der Waals surface area contributed by atoms with Crippen molar-refractivity contribution in [1.29, 1.82) is 0 Å². The van der Waals surface area contributed by atoms with Gasteiger partial charge < -0.3 is 9.63 Å². The molecule has 3 aromatic rings. The number of thioether (sulfide) groups is 1. The minimum absolute atomic E-state index is 0.117. The van der Waals surface area contributed by atoms with Crippen LogP contribution in [-0.2, 0) is 11.2 Å². The van der Waals surface area contributed by atoms with Gasteiger partial charge in [0.2, 0.25) is 0 Å². The highest BCUT2D eigenvalue weighted by Gasteiger charge is 2.20. The van der Waals surface area contributed by atoms with Crippen LogP contribution >= 0.6 is 23.4 Å². The van der Waals surface area contributed by atoms with Gasteiger partial charge in [-0.3, -0.25) is 9.36 Å². The van der Waals surface area contributed by atoms with Crippen LogP contribution in [0.1, 0.15) is 22.8 Å². The summed E-state index contributed by atoms with van der Waals surface area (Å²) in [5, 5.41) is 22.3. The lowest BCUT2D eigenvalue weighted by Gasteiger charge is -2.11. The third kappa shape index (κ3) is 3.69. The second-order valence-corrected chi connectivity index (χ2v) is 6.70. The molecule has 2 aromatic heterocycles. The van der Waals surface area contributed by atoms with E-state index in [9.17, 15) is 4.79 Å². The number of carbonyl (C=O) groups is 1. The maximum Gasteiger partial charge on any atom is 0.313 e. The zero-order valence-corrected chi connectivity index (χ0v) is 15.1. The van der Waals surface area contributed by atoms with E-state index in [0.717, 1.165) is 23.0 Å². The first-order valence-electron chi connectivity index (χ1n) is 7.43. The van der Waals surface area contributed by atoms with Gasteiger partial charge in [-0.15, -0.1) is 10.2 Å². The Morgan fingerprint density at radius 1 is 1.32 bits per heavy atom. The lowest BCUT2D eigenvalue weighted by atomic mass is 10.1. The first-order chi connectivity index (χ1) is 12.0. The van der Waals surface area contributed by atoms with Gasteiger partial charge in [-0.2, -0.15) is 0 Å². The van der Waals surface area contributed by atoms with Crippen LogP contribution in [0.5, 0.6) is 0 Å². The number of benzene rings is 1. The third-order valence-corrected chi connectivity index (χ3v) is 4.87. The van der Waals surface area contributed by atoms with Crippen LogP contribution in [-0.4, -0.2) is 36.7 Å². The Balaban J connectivity index is 2.06. The summed E-state index contributed by atoms with van der Waals surface area (Å²) in [5.74, 6) is 0.306. The zero-order chi connectivity index (χ0) is 18.0. The van der Waals surface area contributed by atoms with Crippen molar-refractivity contribution in [2.24, 2.45) is 0 Å². The molecule has 0 aliphatic rings. The molecule has 0 aliphatic heterocycles. The molecule has 130 valence electrons. The Morgan fingerprint density at radius 3 is 2.72 bits per heavy atom. The summed E-state index contributed by atoms with van der Waals surface area (Å²) in [6.07, 6.45) is 0.451. The number of hydrogen-bond acceptors (Lipinski definition) is 6. The molecule has 7 nitrogen and oxygen atoms in total. The number of para-hydroxylation sites is 1. The van der Waals surface area contributed by atoms with Crippen molar-refractivity contribution in [3.8, 4) is 5.69 Å². The van der Waals surface area contributed by atoms with Gasteiger partial charge in [0, 0.05) is 12.0 Å². The second kappa shape index (κ2) is 7.28. The monoisotopic (exact) mass is 378 g/mol. The summed E-state index contributed by atoms with van der Waals surface area (Å²) in [4.78, 5) is 10.9. The fraction of sp³-hybridized carbons (Fsp3) is 0.250. The first kappa shape index (κ1) is 17.5. The molecule has 0 bridgehead atoms. The van der Waals surface area contributed by atoms with Gasteiger partial charge >= 0.3 is 5.97 Å². The largest absolute Gasteiger partial charge is 0.481 e. The summed E-state index contributed by atoms with van der Waals surface area (Å²) < 4.78 is 6.99. The van der Waals surface area contributed by atoms with Crippen molar-refractivity contribution >= 4 is 29.3 Å². The van der Waals surface area contributed by atoms with Crippen LogP contribution in [0.15, 0.2) is 33.9 Å². The maximum atomic E-state index is 10.9. The molecule has 9 heteroatoms. The number of aliphatic carboxylic acids is 1. The minimum Gasteiger partial charge on any atom is -0.481 e. The van der Waals surface area contributed by atoms with Gasteiger partial charge in [0.05, 0.1) is 22.2 Å². The van der Waals surface area contributed by atoms with E-state index in [2.05, 4.69) is 15.4 Å². The molecule has 0 atom stereocenters. The van der Waals surface area contributed by atoms with Crippen LogP contribution in [0.25, 0.3) is 5.69 Å². The summed E-state index contributed by atoms with van der Waals surface area (Å²) in [7, 11) is 0. The Kier molecular flexibility index (Phi) is 5.10. The average molecular weight is 379 g/mol. The minimum atomic E-state index is -0.925.